The van der Waals surface area contributed by atoms with E-state index in [1.165, 1.54) is 84.2 Å². The molecule has 0 atom stereocenters. The van der Waals surface area contributed by atoms with Crippen molar-refractivity contribution >= 4 is 5.97 Å². The van der Waals surface area contributed by atoms with Crippen LogP contribution in [0.2, 0.25) is 0 Å². The first kappa shape index (κ1) is 17.3. The van der Waals surface area contributed by atoms with Gasteiger partial charge in [0.2, 0.25) is 0 Å². The number of rotatable bonds is 4. The molecule has 1 aliphatic rings. The molecule has 0 bridgehead atoms. The van der Waals surface area contributed by atoms with Crippen LogP contribution in [0.3, 0.4) is 0 Å². The molecule has 0 aromatic heterocycles. The predicted molar refractivity (Wildman–Crippen MR) is 84.7 cm³/mol. The fraction of sp³-hybridized carbons (Fsp3) is 0.833. The zero-order chi connectivity index (χ0) is 14.5. The average molecular weight is 280 g/mol. The topological polar surface area (TPSA) is 26.3 Å². The smallest absolute Gasteiger partial charge is 0.330 e. The van der Waals surface area contributed by atoms with Crippen molar-refractivity contribution in [2.75, 3.05) is 7.11 Å². The summed E-state index contributed by atoms with van der Waals surface area (Å²) in [4.78, 5) is 11.0. The molecule has 0 aromatic carbocycles. The highest BCUT2D eigenvalue weighted by Gasteiger charge is 2.08. The van der Waals surface area contributed by atoms with E-state index in [2.05, 4.69) is 4.74 Å². The van der Waals surface area contributed by atoms with Gasteiger partial charge in [0, 0.05) is 6.08 Å². The highest BCUT2D eigenvalue weighted by molar-refractivity contribution is 5.81. The summed E-state index contributed by atoms with van der Waals surface area (Å²) in [6.07, 6.45) is 21.3. The Morgan fingerprint density at radius 2 is 1.45 bits per heavy atom. The van der Waals surface area contributed by atoms with Crippen molar-refractivity contribution < 1.29 is 9.53 Å². The third kappa shape index (κ3) is 9.17. The van der Waals surface area contributed by atoms with Crippen LogP contribution >= 0.6 is 0 Å². The van der Waals surface area contributed by atoms with E-state index in [1.807, 2.05) is 6.08 Å². The van der Waals surface area contributed by atoms with Gasteiger partial charge in [0.15, 0.2) is 0 Å². The summed E-state index contributed by atoms with van der Waals surface area (Å²) in [5.41, 5.74) is 0. The first-order valence-corrected chi connectivity index (χ1v) is 8.57. The lowest BCUT2D eigenvalue weighted by atomic mass is 9.89. The summed E-state index contributed by atoms with van der Waals surface area (Å²) in [7, 11) is 1.43. The molecule has 1 rings (SSSR count). The average Bonchev–Trinajstić information content (AvgIpc) is 2.45. The van der Waals surface area contributed by atoms with E-state index in [-0.39, 0.29) is 5.97 Å². The maximum Gasteiger partial charge on any atom is 0.330 e. The molecule has 2 nitrogen and oxygen atoms in total. The Hall–Kier alpha value is -0.790. The van der Waals surface area contributed by atoms with Gasteiger partial charge in [-0.2, -0.15) is 0 Å². The van der Waals surface area contributed by atoms with Gasteiger partial charge in [-0.3, -0.25) is 0 Å². The van der Waals surface area contributed by atoms with Crippen LogP contribution in [0.5, 0.6) is 0 Å². The van der Waals surface area contributed by atoms with Gasteiger partial charge in [-0.25, -0.2) is 4.79 Å². The normalized spacial score (nSPS) is 20.2. The second-order valence-corrected chi connectivity index (χ2v) is 6.13. The van der Waals surface area contributed by atoms with Gasteiger partial charge in [-0.15, -0.1) is 0 Å². The Bertz CT molecular complexity index is 259. The molecule has 0 spiro atoms. The van der Waals surface area contributed by atoms with E-state index < -0.39 is 0 Å². The van der Waals surface area contributed by atoms with E-state index in [1.54, 1.807) is 6.08 Å². The molecule has 0 saturated heterocycles. The Morgan fingerprint density at radius 3 is 1.95 bits per heavy atom. The van der Waals surface area contributed by atoms with Crippen LogP contribution in [0.1, 0.15) is 83.5 Å². The standard InChI is InChI=1S/C18H32O2/c1-20-18(19)16-12-11-15-17-13-9-7-5-3-2-4-6-8-10-14-17/h12,16-17H,2-11,13-15H2,1H3/b16-12+. The van der Waals surface area contributed by atoms with Crippen molar-refractivity contribution in [2.24, 2.45) is 5.92 Å². The molecule has 2 heteroatoms. The summed E-state index contributed by atoms with van der Waals surface area (Å²) in [6, 6.07) is 0. The van der Waals surface area contributed by atoms with Crippen molar-refractivity contribution in [3.63, 3.8) is 0 Å². The van der Waals surface area contributed by atoms with Crippen molar-refractivity contribution in [1.82, 2.24) is 0 Å². The summed E-state index contributed by atoms with van der Waals surface area (Å²) < 4.78 is 4.61. The van der Waals surface area contributed by atoms with E-state index in [4.69, 9.17) is 0 Å². The minimum atomic E-state index is -0.233. The Kier molecular flexibility index (Phi) is 10.3. The second kappa shape index (κ2) is 12.0. The number of hydrogen-bond donors (Lipinski definition) is 0. The minimum Gasteiger partial charge on any atom is -0.466 e. The lowest BCUT2D eigenvalue weighted by Gasteiger charge is -2.17. The lowest BCUT2D eigenvalue weighted by Crippen LogP contribution is -2.02. The Labute approximate surface area is 125 Å². The lowest BCUT2D eigenvalue weighted by molar-refractivity contribution is -0.134. The van der Waals surface area contributed by atoms with Gasteiger partial charge in [0.25, 0.3) is 0 Å². The number of methoxy groups -OCH3 is 1. The van der Waals surface area contributed by atoms with Crippen LogP contribution in [0, 0.1) is 5.92 Å². The Morgan fingerprint density at radius 1 is 0.950 bits per heavy atom. The van der Waals surface area contributed by atoms with Crippen LogP contribution < -0.4 is 0 Å². The SMILES string of the molecule is COC(=O)/C=C/CCC1CCCCCCCCCCC1. The summed E-state index contributed by atoms with van der Waals surface area (Å²) in [6.45, 7) is 0. The van der Waals surface area contributed by atoms with Crippen molar-refractivity contribution in [1.29, 1.82) is 0 Å². The highest BCUT2D eigenvalue weighted by Crippen LogP contribution is 2.24. The van der Waals surface area contributed by atoms with Crippen molar-refractivity contribution in [3.05, 3.63) is 12.2 Å². The van der Waals surface area contributed by atoms with E-state index in [9.17, 15) is 4.79 Å². The molecule has 0 aromatic rings. The first-order chi connectivity index (χ1) is 9.83. The maximum atomic E-state index is 11.0. The van der Waals surface area contributed by atoms with E-state index in [0.717, 1.165) is 12.3 Å². The molecular weight excluding hydrogens is 248 g/mol. The molecule has 0 amide bonds. The zero-order valence-corrected chi connectivity index (χ0v) is 13.2. The third-order valence-electron chi connectivity index (χ3n) is 4.42. The van der Waals surface area contributed by atoms with Crippen molar-refractivity contribution in [3.8, 4) is 0 Å². The summed E-state index contributed by atoms with van der Waals surface area (Å²) in [5.74, 6) is 0.625. The van der Waals surface area contributed by atoms with Gasteiger partial charge >= 0.3 is 5.97 Å². The fourth-order valence-electron chi connectivity index (χ4n) is 3.12. The van der Waals surface area contributed by atoms with E-state index in [0.29, 0.717) is 0 Å². The minimum absolute atomic E-state index is 0.233. The number of ether oxygens (including phenoxy) is 1. The quantitative estimate of drug-likeness (QED) is 0.508. The van der Waals surface area contributed by atoms with Crippen LogP contribution in [0.15, 0.2) is 12.2 Å². The van der Waals surface area contributed by atoms with Gasteiger partial charge in [0.05, 0.1) is 7.11 Å². The predicted octanol–water partition coefficient (Wildman–Crippen LogP) is 5.42. The molecule has 0 radical (unpaired) electrons. The fourth-order valence-corrected chi connectivity index (χ4v) is 3.12. The number of carbonyl (C=O) groups is 1. The maximum absolute atomic E-state index is 11.0. The third-order valence-corrected chi connectivity index (χ3v) is 4.42. The number of carbonyl (C=O) groups excluding carboxylic acids is 1. The van der Waals surface area contributed by atoms with Crippen LogP contribution in [0.25, 0.3) is 0 Å². The second-order valence-electron chi connectivity index (χ2n) is 6.13. The summed E-state index contributed by atoms with van der Waals surface area (Å²) in [5, 5.41) is 0. The molecule has 20 heavy (non-hydrogen) atoms. The molecule has 1 saturated carbocycles. The van der Waals surface area contributed by atoms with Gasteiger partial charge < -0.3 is 4.74 Å². The largest absolute Gasteiger partial charge is 0.466 e. The summed E-state index contributed by atoms with van der Waals surface area (Å²) >= 11 is 0. The van der Waals surface area contributed by atoms with Gasteiger partial charge in [0.1, 0.15) is 0 Å². The highest BCUT2D eigenvalue weighted by atomic mass is 16.5. The number of esters is 1. The molecular formula is C18H32O2. The van der Waals surface area contributed by atoms with Crippen LogP contribution in [-0.2, 0) is 9.53 Å². The van der Waals surface area contributed by atoms with E-state index >= 15 is 0 Å². The molecule has 116 valence electrons. The monoisotopic (exact) mass is 280 g/mol. The molecule has 0 N–H and O–H groups in total. The molecule has 0 heterocycles. The van der Waals surface area contributed by atoms with Crippen LogP contribution in [-0.4, -0.2) is 13.1 Å². The van der Waals surface area contributed by atoms with Crippen molar-refractivity contribution in [2.45, 2.75) is 83.5 Å². The molecule has 0 unspecified atom stereocenters. The molecule has 1 fully saturated rings. The van der Waals surface area contributed by atoms with Gasteiger partial charge in [-0.1, -0.05) is 76.7 Å². The van der Waals surface area contributed by atoms with Crippen LogP contribution in [0.4, 0.5) is 0 Å². The van der Waals surface area contributed by atoms with Gasteiger partial charge in [-0.05, 0) is 18.8 Å². The molecule has 0 aliphatic heterocycles. The first-order valence-electron chi connectivity index (χ1n) is 8.57. The number of allylic oxidation sites excluding steroid dienone is 1. The zero-order valence-electron chi connectivity index (χ0n) is 13.2. The number of hydrogen-bond acceptors (Lipinski definition) is 2. The molecule has 1 aliphatic carbocycles. The Balaban J connectivity index is 2.24.